The molecule has 0 saturated carbocycles. The fourth-order valence-electron chi connectivity index (χ4n) is 2.37. The van der Waals surface area contributed by atoms with Crippen molar-refractivity contribution in [2.24, 2.45) is 0 Å². The Bertz CT molecular complexity index is 887. The van der Waals surface area contributed by atoms with E-state index in [-0.39, 0.29) is 12.5 Å². The molecule has 0 saturated heterocycles. The zero-order chi connectivity index (χ0) is 17.8. The van der Waals surface area contributed by atoms with Crippen molar-refractivity contribution >= 4 is 11.6 Å². The van der Waals surface area contributed by atoms with E-state index in [1.54, 1.807) is 30.3 Å². The van der Waals surface area contributed by atoms with Gasteiger partial charge in [0, 0.05) is 11.1 Å². The SMILES string of the molecule is COc1ccc(-c2ccc(CO)o2)cc1NC(=O)c1ccc(F)cc1. The van der Waals surface area contributed by atoms with Crippen molar-refractivity contribution in [2.75, 3.05) is 12.4 Å². The number of hydrogen-bond acceptors (Lipinski definition) is 4. The average molecular weight is 341 g/mol. The number of carbonyl (C=O) groups excluding carboxylic acids is 1. The fourth-order valence-corrected chi connectivity index (χ4v) is 2.37. The molecule has 25 heavy (non-hydrogen) atoms. The maximum Gasteiger partial charge on any atom is 0.255 e. The van der Waals surface area contributed by atoms with Gasteiger partial charge in [0.2, 0.25) is 0 Å². The number of hydrogen-bond donors (Lipinski definition) is 2. The van der Waals surface area contributed by atoms with Gasteiger partial charge in [0.15, 0.2) is 0 Å². The van der Waals surface area contributed by atoms with Crippen LogP contribution in [0.4, 0.5) is 10.1 Å². The van der Waals surface area contributed by atoms with Gasteiger partial charge in [-0.2, -0.15) is 0 Å². The van der Waals surface area contributed by atoms with Crippen molar-refractivity contribution < 1.29 is 23.4 Å². The number of aliphatic hydroxyl groups excluding tert-OH is 1. The molecule has 1 amide bonds. The molecule has 1 heterocycles. The third kappa shape index (κ3) is 3.70. The first-order valence-corrected chi connectivity index (χ1v) is 7.55. The average Bonchev–Trinajstić information content (AvgIpc) is 3.11. The van der Waals surface area contributed by atoms with Gasteiger partial charge in [-0.3, -0.25) is 4.79 Å². The summed E-state index contributed by atoms with van der Waals surface area (Å²) in [5.41, 5.74) is 1.50. The molecule has 2 N–H and O–H groups in total. The van der Waals surface area contributed by atoms with Crippen LogP contribution in [-0.4, -0.2) is 18.1 Å². The quantitative estimate of drug-likeness (QED) is 0.740. The van der Waals surface area contributed by atoms with E-state index in [0.717, 1.165) is 5.56 Å². The lowest BCUT2D eigenvalue weighted by Gasteiger charge is -2.11. The lowest BCUT2D eigenvalue weighted by molar-refractivity contribution is 0.102. The lowest BCUT2D eigenvalue weighted by atomic mass is 10.1. The van der Waals surface area contributed by atoms with Gasteiger partial charge in [-0.15, -0.1) is 0 Å². The number of methoxy groups -OCH3 is 1. The van der Waals surface area contributed by atoms with Gasteiger partial charge in [-0.1, -0.05) is 0 Å². The summed E-state index contributed by atoms with van der Waals surface area (Å²) in [6, 6.07) is 13.9. The number of rotatable bonds is 5. The van der Waals surface area contributed by atoms with Crippen molar-refractivity contribution in [2.45, 2.75) is 6.61 Å². The first kappa shape index (κ1) is 16.7. The van der Waals surface area contributed by atoms with E-state index in [2.05, 4.69) is 5.32 Å². The molecule has 0 aliphatic rings. The molecule has 1 aromatic heterocycles. The summed E-state index contributed by atoms with van der Waals surface area (Å²) in [6.07, 6.45) is 0. The highest BCUT2D eigenvalue weighted by Crippen LogP contribution is 2.32. The van der Waals surface area contributed by atoms with Crippen LogP contribution in [-0.2, 0) is 6.61 Å². The molecule has 5 nitrogen and oxygen atoms in total. The Labute approximate surface area is 143 Å². The zero-order valence-electron chi connectivity index (χ0n) is 13.5. The Morgan fingerprint density at radius 1 is 1.16 bits per heavy atom. The molecule has 0 bridgehead atoms. The number of furan rings is 1. The number of amides is 1. The predicted octanol–water partition coefficient (Wildman–Crippen LogP) is 3.84. The maximum absolute atomic E-state index is 13.0. The molecular weight excluding hydrogens is 325 g/mol. The van der Waals surface area contributed by atoms with Crippen LogP contribution in [0, 0.1) is 5.82 Å². The van der Waals surface area contributed by atoms with E-state index in [1.165, 1.54) is 31.4 Å². The molecule has 0 fully saturated rings. The normalized spacial score (nSPS) is 10.5. The molecule has 0 spiro atoms. The van der Waals surface area contributed by atoms with Crippen molar-refractivity contribution in [3.8, 4) is 17.1 Å². The van der Waals surface area contributed by atoms with Gasteiger partial charge < -0.3 is 19.6 Å². The standard InChI is InChI=1S/C19H16FNO4/c1-24-18-8-4-13(17-9-7-15(11-22)25-17)10-16(18)21-19(23)12-2-5-14(20)6-3-12/h2-10,22H,11H2,1H3,(H,21,23). The highest BCUT2D eigenvalue weighted by atomic mass is 19.1. The topological polar surface area (TPSA) is 71.7 Å². The van der Waals surface area contributed by atoms with Gasteiger partial charge in [-0.25, -0.2) is 4.39 Å². The Morgan fingerprint density at radius 3 is 2.56 bits per heavy atom. The number of anilines is 1. The molecular formula is C19H16FNO4. The second-order valence-corrected chi connectivity index (χ2v) is 5.30. The summed E-state index contributed by atoms with van der Waals surface area (Å²) in [7, 11) is 1.50. The minimum atomic E-state index is -0.409. The first-order chi connectivity index (χ1) is 12.1. The Kier molecular flexibility index (Phi) is 4.81. The Balaban J connectivity index is 1.89. The molecule has 0 aliphatic carbocycles. The van der Waals surface area contributed by atoms with Gasteiger partial charge in [-0.05, 0) is 54.6 Å². The lowest BCUT2D eigenvalue weighted by Crippen LogP contribution is -2.12. The first-order valence-electron chi connectivity index (χ1n) is 7.55. The van der Waals surface area contributed by atoms with Crippen LogP contribution in [0.15, 0.2) is 59.0 Å². The summed E-state index contributed by atoms with van der Waals surface area (Å²) >= 11 is 0. The zero-order valence-corrected chi connectivity index (χ0v) is 13.5. The molecule has 0 aliphatic heterocycles. The highest BCUT2D eigenvalue weighted by Gasteiger charge is 2.13. The van der Waals surface area contributed by atoms with Gasteiger partial charge in [0.25, 0.3) is 5.91 Å². The van der Waals surface area contributed by atoms with E-state index in [9.17, 15) is 9.18 Å². The Hall–Kier alpha value is -3.12. The van der Waals surface area contributed by atoms with Crippen LogP contribution >= 0.6 is 0 Å². The van der Waals surface area contributed by atoms with E-state index >= 15 is 0 Å². The van der Waals surface area contributed by atoms with Crippen molar-refractivity contribution in [3.05, 3.63) is 71.7 Å². The van der Waals surface area contributed by atoms with E-state index in [4.69, 9.17) is 14.3 Å². The second-order valence-electron chi connectivity index (χ2n) is 5.30. The number of benzene rings is 2. The third-order valence-electron chi connectivity index (χ3n) is 3.66. The summed E-state index contributed by atoms with van der Waals surface area (Å²) in [4.78, 5) is 12.3. The molecule has 128 valence electrons. The minimum Gasteiger partial charge on any atom is -0.495 e. The van der Waals surface area contributed by atoms with Gasteiger partial charge in [0.05, 0.1) is 12.8 Å². The fraction of sp³-hybridized carbons (Fsp3) is 0.105. The maximum atomic E-state index is 13.0. The van der Waals surface area contributed by atoms with Crippen LogP contribution in [0.2, 0.25) is 0 Å². The predicted molar refractivity (Wildman–Crippen MR) is 91.0 cm³/mol. The van der Waals surface area contributed by atoms with Gasteiger partial charge in [0.1, 0.15) is 29.7 Å². The highest BCUT2D eigenvalue weighted by molar-refractivity contribution is 6.05. The molecule has 6 heteroatoms. The van der Waals surface area contributed by atoms with Crippen LogP contribution in [0.1, 0.15) is 16.1 Å². The summed E-state index contributed by atoms with van der Waals surface area (Å²) in [5, 5.41) is 11.9. The molecule has 0 unspecified atom stereocenters. The van der Waals surface area contributed by atoms with Crippen molar-refractivity contribution in [1.82, 2.24) is 0 Å². The van der Waals surface area contributed by atoms with Crippen LogP contribution < -0.4 is 10.1 Å². The van der Waals surface area contributed by atoms with Crippen LogP contribution in [0.25, 0.3) is 11.3 Å². The van der Waals surface area contributed by atoms with Crippen molar-refractivity contribution in [1.29, 1.82) is 0 Å². The summed E-state index contributed by atoms with van der Waals surface area (Å²) in [6.45, 7) is -0.190. The molecule has 0 atom stereocenters. The molecule has 0 radical (unpaired) electrons. The van der Waals surface area contributed by atoms with Gasteiger partial charge >= 0.3 is 0 Å². The smallest absolute Gasteiger partial charge is 0.255 e. The molecule has 3 rings (SSSR count). The Morgan fingerprint density at radius 2 is 1.92 bits per heavy atom. The number of halogens is 1. The monoisotopic (exact) mass is 341 g/mol. The number of ether oxygens (including phenoxy) is 1. The number of nitrogens with one attached hydrogen (secondary N) is 1. The summed E-state index contributed by atoms with van der Waals surface area (Å²) in [5.74, 6) is 0.694. The second kappa shape index (κ2) is 7.19. The third-order valence-corrected chi connectivity index (χ3v) is 3.66. The minimum absolute atomic E-state index is 0.190. The number of carbonyl (C=O) groups is 1. The summed E-state index contributed by atoms with van der Waals surface area (Å²) < 4.78 is 23.8. The van der Waals surface area contributed by atoms with Crippen LogP contribution in [0.5, 0.6) is 5.75 Å². The molecule has 3 aromatic rings. The largest absolute Gasteiger partial charge is 0.495 e. The number of aliphatic hydroxyl groups is 1. The van der Waals surface area contributed by atoms with Crippen molar-refractivity contribution in [3.63, 3.8) is 0 Å². The van der Waals surface area contributed by atoms with E-state index in [0.29, 0.717) is 28.5 Å². The molecule has 2 aromatic carbocycles. The van der Waals surface area contributed by atoms with E-state index < -0.39 is 5.82 Å². The van der Waals surface area contributed by atoms with Crippen LogP contribution in [0.3, 0.4) is 0 Å². The van der Waals surface area contributed by atoms with E-state index in [1.807, 2.05) is 0 Å².